The Morgan fingerprint density at radius 2 is 2.50 bits per heavy atom. The molecule has 0 amide bonds. The SMILES string of the molecule is C#CCC(C)NC1CCOC1C. The molecule has 1 fully saturated rings. The second-order valence-electron chi connectivity index (χ2n) is 3.45. The fourth-order valence-corrected chi connectivity index (χ4v) is 1.55. The number of hydrogen-bond donors (Lipinski definition) is 1. The first-order valence-corrected chi connectivity index (χ1v) is 4.55. The molecule has 3 unspecified atom stereocenters. The highest BCUT2D eigenvalue weighted by Crippen LogP contribution is 2.13. The quantitative estimate of drug-likeness (QED) is 0.637. The fraction of sp³-hybridized carbons (Fsp3) is 0.800. The molecule has 1 saturated heterocycles. The van der Waals surface area contributed by atoms with Gasteiger partial charge in [-0.15, -0.1) is 12.3 Å². The number of ether oxygens (including phenoxy) is 1. The smallest absolute Gasteiger partial charge is 0.0700 e. The van der Waals surface area contributed by atoms with Gasteiger partial charge in [-0.1, -0.05) is 0 Å². The Kier molecular flexibility index (Phi) is 3.58. The molecule has 0 aromatic carbocycles. The van der Waals surface area contributed by atoms with E-state index in [0.29, 0.717) is 18.2 Å². The summed E-state index contributed by atoms with van der Waals surface area (Å²) in [6.45, 7) is 5.10. The van der Waals surface area contributed by atoms with Crippen LogP contribution in [-0.2, 0) is 4.74 Å². The third-order valence-corrected chi connectivity index (χ3v) is 2.30. The summed E-state index contributed by atoms with van der Waals surface area (Å²) in [5.41, 5.74) is 0. The van der Waals surface area contributed by atoms with Crippen molar-refractivity contribution in [2.45, 2.75) is 44.9 Å². The van der Waals surface area contributed by atoms with E-state index >= 15 is 0 Å². The van der Waals surface area contributed by atoms with E-state index in [1.54, 1.807) is 0 Å². The van der Waals surface area contributed by atoms with Gasteiger partial charge in [-0.2, -0.15) is 0 Å². The van der Waals surface area contributed by atoms with Crippen LogP contribution in [-0.4, -0.2) is 24.8 Å². The predicted molar refractivity (Wildman–Crippen MR) is 49.9 cm³/mol. The summed E-state index contributed by atoms with van der Waals surface area (Å²) in [5.74, 6) is 2.65. The molecule has 0 aliphatic carbocycles. The van der Waals surface area contributed by atoms with Gasteiger partial charge in [0.15, 0.2) is 0 Å². The van der Waals surface area contributed by atoms with Crippen LogP contribution < -0.4 is 5.32 Å². The van der Waals surface area contributed by atoms with Crippen LogP contribution in [0.15, 0.2) is 0 Å². The summed E-state index contributed by atoms with van der Waals surface area (Å²) in [6, 6.07) is 0.900. The number of terminal acetylenes is 1. The van der Waals surface area contributed by atoms with Gasteiger partial charge in [0.05, 0.1) is 6.10 Å². The molecule has 3 atom stereocenters. The fourth-order valence-electron chi connectivity index (χ4n) is 1.55. The van der Waals surface area contributed by atoms with Crippen molar-refractivity contribution < 1.29 is 4.74 Å². The van der Waals surface area contributed by atoms with Crippen molar-refractivity contribution in [1.82, 2.24) is 5.32 Å². The lowest BCUT2D eigenvalue weighted by atomic mass is 10.1. The van der Waals surface area contributed by atoms with Crippen LogP contribution in [0.3, 0.4) is 0 Å². The topological polar surface area (TPSA) is 21.3 Å². The molecule has 1 aliphatic heterocycles. The van der Waals surface area contributed by atoms with Crippen LogP contribution >= 0.6 is 0 Å². The molecule has 2 nitrogen and oxygen atoms in total. The lowest BCUT2D eigenvalue weighted by Crippen LogP contribution is -2.40. The maximum Gasteiger partial charge on any atom is 0.0700 e. The van der Waals surface area contributed by atoms with Gasteiger partial charge in [0.2, 0.25) is 0 Å². The van der Waals surface area contributed by atoms with Crippen molar-refractivity contribution in [2.75, 3.05) is 6.61 Å². The Hall–Kier alpha value is -0.520. The number of nitrogens with one attached hydrogen (secondary N) is 1. The minimum Gasteiger partial charge on any atom is -0.377 e. The van der Waals surface area contributed by atoms with Crippen molar-refractivity contribution in [3.63, 3.8) is 0 Å². The highest BCUT2D eigenvalue weighted by molar-refractivity contribution is 4.90. The zero-order valence-electron chi connectivity index (χ0n) is 7.84. The predicted octanol–water partition coefficient (Wildman–Crippen LogP) is 1.17. The summed E-state index contributed by atoms with van der Waals surface area (Å²) in [7, 11) is 0. The molecule has 1 rings (SSSR count). The normalized spacial score (nSPS) is 31.4. The Morgan fingerprint density at radius 3 is 3.00 bits per heavy atom. The lowest BCUT2D eigenvalue weighted by Gasteiger charge is -2.20. The summed E-state index contributed by atoms with van der Waals surface area (Å²) in [4.78, 5) is 0. The zero-order chi connectivity index (χ0) is 8.97. The molecule has 0 spiro atoms. The average molecular weight is 167 g/mol. The van der Waals surface area contributed by atoms with Gasteiger partial charge in [0, 0.05) is 25.1 Å². The van der Waals surface area contributed by atoms with Crippen molar-refractivity contribution in [1.29, 1.82) is 0 Å². The highest BCUT2D eigenvalue weighted by atomic mass is 16.5. The minimum absolute atomic E-state index is 0.338. The molecular weight excluding hydrogens is 150 g/mol. The van der Waals surface area contributed by atoms with E-state index in [1.165, 1.54) is 0 Å². The third-order valence-electron chi connectivity index (χ3n) is 2.30. The number of hydrogen-bond acceptors (Lipinski definition) is 2. The monoisotopic (exact) mass is 167 g/mol. The maximum absolute atomic E-state index is 5.43. The first kappa shape index (κ1) is 9.57. The second kappa shape index (κ2) is 4.49. The molecule has 12 heavy (non-hydrogen) atoms. The summed E-state index contributed by atoms with van der Waals surface area (Å²) >= 11 is 0. The molecule has 0 saturated carbocycles. The van der Waals surface area contributed by atoms with Gasteiger partial charge in [-0.05, 0) is 20.3 Å². The first-order valence-electron chi connectivity index (χ1n) is 4.55. The van der Waals surface area contributed by atoms with Crippen LogP contribution in [0, 0.1) is 12.3 Å². The Morgan fingerprint density at radius 1 is 1.75 bits per heavy atom. The molecule has 1 aliphatic rings. The van der Waals surface area contributed by atoms with Gasteiger partial charge in [-0.25, -0.2) is 0 Å². The standard InChI is InChI=1S/C10H17NO/c1-4-5-8(2)11-10-6-7-12-9(10)3/h1,8-11H,5-7H2,2-3H3. The Bertz CT molecular complexity index is 173. The number of rotatable bonds is 3. The van der Waals surface area contributed by atoms with Crippen LogP contribution in [0.25, 0.3) is 0 Å². The molecule has 0 bridgehead atoms. The molecule has 2 heteroatoms. The highest BCUT2D eigenvalue weighted by Gasteiger charge is 2.24. The average Bonchev–Trinajstić information content (AvgIpc) is 2.37. The minimum atomic E-state index is 0.338. The van der Waals surface area contributed by atoms with Gasteiger partial charge in [0.1, 0.15) is 0 Å². The van der Waals surface area contributed by atoms with Crippen LogP contribution in [0.1, 0.15) is 26.7 Å². The maximum atomic E-state index is 5.43. The molecule has 0 aromatic heterocycles. The molecule has 1 N–H and O–H groups in total. The van der Waals surface area contributed by atoms with Crippen molar-refractivity contribution >= 4 is 0 Å². The van der Waals surface area contributed by atoms with E-state index in [4.69, 9.17) is 11.2 Å². The van der Waals surface area contributed by atoms with E-state index in [-0.39, 0.29) is 0 Å². The summed E-state index contributed by atoms with van der Waals surface area (Å²) in [6.07, 6.45) is 7.46. The zero-order valence-corrected chi connectivity index (χ0v) is 7.84. The summed E-state index contributed by atoms with van der Waals surface area (Å²) in [5, 5.41) is 3.46. The van der Waals surface area contributed by atoms with Crippen molar-refractivity contribution in [3.05, 3.63) is 0 Å². The summed E-state index contributed by atoms with van der Waals surface area (Å²) < 4.78 is 5.43. The van der Waals surface area contributed by atoms with Gasteiger partial charge < -0.3 is 10.1 Å². The van der Waals surface area contributed by atoms with Gasteiger partial charge >= 0.3 is 0 Å². The Labute approximate surface area is 74.7 Å². The third kappa shape index (κ3) is 2.51. The van der Waals surface area contributed by atoms with Crippen LogP contribution in [0.2, 0.25) is 0 Å². The Balaban J connectivity index is 2.26. The first-order chi connectivity index (χ1) is 5.74. The molecule has 1 heterocycles. The second-order valence-corrected chi connectivity index (χ2v) is 3.45. The van der Waals surface area contributed by atoms with Crippen LogP contribution in [0.5, 0.6) is 0 Å². The molecule has 0 radical (unpaired) electrons. The van der Waals surface area contributed by atoms with Gasteiger partial charge in [0.25, 0.3) is 0 Å². The van der Waals surface area contributed by atoms with Crippen LogP contribution in [0.4, 0.5) is 0 Å². The van der Waals surface area contributed by atoms with E-state index in [9.17, 15) is 0 Å². The molecule has 68 valence electrons. The molecule has 0 aromatic rings. The molecular formula is C10H17NO. The van der Waals surface area contributed by atoms with E-state index in [0.717, 1.165) is 19.4 Å². The van der Waals surface area contributed by atoms with Crippen molar-refractivity contribution in [2.24, 2.45) is 0 Å². The van der Waals surface area contributed by atoms with E-state index < -0.39 is 0 Å². The van der Waals surface area contributed by atoms with E-state index in [1.807, 2.05) is 0 Å². The largest absolute Gasteiger partial charge is 0.377 e. The van der Waals surface area contributed by atoms with Crippen molar-refractivity contribution in [3.8, 4) is 12.3 Å². The van der Waals surface area contributed by atoms with E-state index in [2.05, 4.69) is 25.1 Å². The van der Waals surface area contributed by atoms with Gasteiger partial charge in [-0.3, -0.25) is 0 Å². The lowest BCUT2D eigenvalue weighted by molar-refractivity contribution is 0.111.